The van der Waals surface area contributed by atoms with Gasteiger partial charge in [-0.3, -0.25) is 0 Å². The van der Waals surface area contributed by atoms with Gasteiger partial charge in [-0.2, -0.15) is 5.10 Å². The van der Waals surface area contributed by atoms with Gasteiger partial charge in [0.05, 0.1) is 29.8 Å². The van der Waals surface area contributed by atoms with E-state index < -0.39 is 10.0 Å². The van der Waals surface area contributed by atoms with Crippen molar-refractivity contribution >= 4 is 20.9 Å². The second kappa shape index (κ2) is 8.42. The van der Waals surface area contributed by atoms with Crippen molar-refractivity contribution in [3.8, 4) is 11.4 Å². The first-order chi connectivity index (χ1) is 17.2. The highest BCUT2D eigenvalue weighted by molar-refractivity contribution is 7.88. The summed E-state index contributed by atoms with van der Waals surface area (Å²) < 4.78 is 48.4. The van der Waals surface area contributed by atoms with E-state index in [2.05, 4.69) is 24.2 Å². The van der Waals surface area contributed by atoms with Crippen LogP contribution in [0.3, 0.4) is 0 Å². The first kappa shape index (κ1) is 23.2. The SMILES string of the molecule is Cc1cc2c(cnn2-c2ccc(F)cc2)cc1[C@]12C[C@H](Oc3ccccc3)C[C@H]1CN(S(C)(=O)=O)C2. The number of para-hydroxylation sites is 1. The molecule has 1 saturated heterocycles. The number of fused-ring (bicyclic) bond motifs is 2. The average molecular weight is 506 g/mol. The van der Waals surface area contributed by atoms with Crippen molar-refractivity contribution < 1.29 is 17.5 Å². The average Bonchev–Trinajstić information content (AvgIpc) is 3.50. The van der Waals surface area contributed by atoms with E-state index in [1.165, 1.54) is 18.4 Å². The predicted molar refractivity (Wildman–Crippen MR) is 137 cm³/mol. The Kier molecular flexibility index (Phi) is 5.42. The smallest absolute Gasteiger partial charge is 0.211 e. The van der Waals surface area contributed by atoms with Crippen LogP contribution in [0.2, 0.25) is 0 Å². The first-order valence-corrected chi connectivity index (χ1v) is 14.0. The Balaban J connectivity index is 1.41. The number of hydrogen-bond donors (Lipinski definition) is 0. The molecule has 2 aliphatic rings. The lowest BCUT2D eigenvalue weighted by Crippen LogP contribution is -2.36. The highest BCUT2D eigenvalue weighted by Crippen LogP contribution is 2.53. The molecule has 2 fully saturated rings. The Morgan fingerprint density at radius 3 is 2.56 bits per heavy atom. The molecule has 0 spiro atoms. The number of nitrogens with zero attached hydrogens (tertiary/aromatic N) is 3. The predicted octanol–water partition coefficient (Wildman–Crippen LogP) is 4.84. The molecule has 3 aromatic carbocycles. The first-order valence-electron chi connectivity index (χ1n) is 12.1. The molecule has 6 rings (SSSR count). The molecule has 0 unspecified atom stereocenters. The zero-order valence-corrected chi connectivity index (χ0v) is 21.1. The van der Waals surface area contributed by atoms with Gasteiger partial charge in [0.2, 0.25) is 10.0 Å². The third-order valence-corrected chi connectivity index (χ3v) is 9.06. The normalized spacial score (nSPS) is 24.3. The van der Waals surface area contributed by atoms with E-state index >= 15 is 0 Å². The molecule has 3 atom stereocenters. The maximum atomic E-state index is 13.5. The van der Waals surface area contributed by atoms with Crippen molar-refractivity contribution in [3.63, 3.8) is 0 Å². The summed E-state index contributed by atoms with van der Waals surface area (Å²) in [5.74, 6) is 0.707. The molecule has 4 aromatic rings. The highest BCUT2D eigenvalue weighted by atomic mass is 32.2. The quantitative estimate of drug-likeness (QED) is 0.389. The van der Waals surface area contributed by atoms with Crippen molar-refractivity contribution in [1.29, 1.82) is 0 Å². The second-order valence-corrected chi connectivity index (χ2v) is 12.1. The minimum absolute atomic E-state index is 0.0103. The van der Waals surface area contributed by atoms with Crippen LogP contribution in [0.15, 0.2) is 72.9 Å². The summed E-state index contributed by atoms with van der Waals surface area (Å²) in [4.78, 5) is 0. The van der Waals surface area contributed by atoms with E-state index in [1.54, 1.807) is 16.4 Å². The van der Waals surface area contributed by atoms with E-state index in [1.807, 2.05) is 41.2 Å². The number of rotatable bonds is 5. The largest absolute Gasteiger partial charge is 0.490 e. The molecule has 1 aliphatic carbocycles. The molecule has 36 heavy (non-hydrogen) atoms. The minimum Gasteiger partial charge on any atom is -0.490 e. The van der Waals surface area contributed by atoms with Crippen LogP contribution >= 0.6 is 0 Å². The molecular weight excluding hydrogens is 477 g/mol. The number of aromatic nitrogens is 2. The molecule has 0 radical (unpaired) electrons. The summed E-state index contributed by atoms with van der Waals surface area (Å²) in [7, 11) is -3.31. The third-order valence-electron chi connectivity index (χ3n) is 7.84. The Labute approximate surface area is 210 Å². The molecule has 1 aromatic heterocycles. The fraction of sp³-hybridized carbons (Fsp3) is 0.321. The number of aryl methyl sites for hydroxylation is 1. The van der Waals surface area contributed by atoms with Gasteiger partial charge in [-0.05, 0) is 85.3 Å². The summed E-state index contributed by atoms with van der Waals surface area (Å²) in [6.07, 6.45) is 4.67. The van der Waals surface area contributed by atoms with Crippen LogP contribution in [0, 0.1) is 18.7 Å². The van der Waals surface area contributed by atoms with Crippen LogP contribution in [0.25, 0.3) is 16.6 Å². The molecule has 0 N–H and O–H groups in total. The lowest BCUT2D eigenvalue weighted by Gasteiger charge is -2.31. The maximum Gasteiger partial charge on any atom is 0.211 e. The van der Waals surface area contributed by atoms with E-state index in [0.717, 1.165) is 46.3 Å². The van der Waals surface area contributed by atoms with Gasteiger partial charge in [-0.1, -0.05) is 18.2 Å². The molecule has 0 bridgehead atoms. The number of benzene rings is 3. The van der Waals surface area contributed by atoms with E-state index in [4.69, 9.17) is 4.74 Å². The molecular formula is C28H28FN3O3S. The van der Waals surface area contributed by atoms with Crippen molar-refractivity contribution in [2.75, 3.05) is 19.3 Å². The summed E-state index contributed by atoms with van der Waals surface area (Å²) in [6.45, 7) is 3.03. The van der Waals surface area contributed by atoms with Crippen LogP contribution in [0.1, 0.15) is 24.0 Å². The number of sulfonamides is 1. The van der Waals surface area contributed by atoms with Crippen molar-refractivity contribution in [1.82, 2.24) is 14.1 Å². The number of halogens is 1. The molecule has 2 heterocycles. The van der Waals surface area contributed by atoms with Gasteiger partial charge in [-0.25, -0.2) is 21.8 Å². The van der Waals surface area contributed by atoms with E-state index in [-0.39, 0.29) is 23.3 Å². The lowest BCUT2D eigenvalue weighted by atomic mass is 9.72. The molecule has 8 heteroatoms. The monoisotopic (exact) mass is 505 g/mol. The zero-order valence-electron chi connectivity index (χ0n) is 20.3. The Bertz CT molecular complexity index is 1540. The number of hydrogen-bond acceptors (Lipinski definition) is 4. The van der Waals surface area contributed by atoms with E-state index in [0.29, 0.717) is 13.1 Å². The Morgan fingerprint density at radius 1 is 1.08 bits per heavy atom. The highest BCUT2D eigenvalue weighted by Gasteiger charge is 2.56. The van der Waals surface area contributed by atoms with E-state index in [9.17, 15) is 12.8 Å². The minimum atomic E-state index is -3.31. The fourth-order valence-corrected chi connectivity index (χ4v) is 7.13. The van der Waals surface area contributed by atoms with Crippen molar-refractivity contribution in [2.24, 2.45) is 5.92 Å². The Morgan fingerprint density at radius 2 is 1.83 bits per heavy atom. The van der Waals surface area contributed by atoms with Gasteiger partial charge in [0, 0.05) is 23.9 Å². The van der Waals surface area contributed by atoms with Crippen molar-refractivity contribution in [3.05, 3.63) is 89.9 Å². The molecule has 186 valence electrons. The maximum absolute atomic E-state index is 13.5. The summed E-state index contributed by atoms with van der Waals surface area (Å²) in [5.41, 5.74) is 3.63. The van der Waals surface area contributed by atoms with Crippen LogP contribution in [0.4, 0.5) is 4.39 Å². The second-order valence-electron chi connectivity index (χ2n) is 10.2. The lowest BCUT2D eigenvalue weighted by molar-refractivity contribution is 0.191. The standard InChI is InChI=1S/C28H28FN3O3S/c1-19-12-27-20(16-30-32(27)23-10-8-22(29)9-11-23)13-26(19)28-15-25(35-24-6-4-3-5-7-24)14-21(28)17-31(18-28)36(2,33)34/h3-13,16,21,25H,14-15,17-18H2,1-2H3/t21-,25+,28-/m0/s1. The van der Waals surface area contributed by atoms with Crippen LogP contribution in [-0.4, -0.2) is 48.0 Å². The molecule has 0 amide bonds. The van der Waals surface area contributed by atoms with Gasteiger partial charge in [0.15, 0.2) is 0 Å². The van der Waals surface area contributed by atoms with Gasteiger partial charge in [0.25, 0.3) is 0 Å². The van der Waals surface area contributed by atoms with Crippen LogP contribution < -0.4 is 4.74 Å². The van der Waals surface area contributed by atoms with Crippen molar-refractivity contribution in [2.45, 2.75) is 31.3 Å². The molecule has 1 aliphatic heterocycles. The molecule has 6 nitrogen and oxygen atoms in total. The Hall–Kier alpha value is -3.23. The summed E-state index contributed by atoms with van der Waals surface area (Å²) >= 11 is 0. The van der Waals surface area contributed by atoms with Crippen LogP contribution in [0.5, 0.6) is 5.75 Å². The number of ether oxygens (including phenoxy) is 1. The summed E-state index contributed by atoms with van der Waals surface area (Å²) in [5, 5.41) is 5.55. The summed E-state index contributed by atoms with van der Waals surface area (Å²) in [6, 6.07) is 20.4. The third kappa shape index (κ3) is 3.89. The topological polar surface area (TPSA) is 64.4 Å². The zero-order chi connectivity index (χ0) is 25.1. The van der Waals surface area contributed by atoms with Gasteiger partial charge >= 0.3 is 0 Å². The molecule has 1 saturated carbocycles. The fourth-order valence-electron chi connectivity index (χ4n) is 6.22. The van der Waals surface area contributed by atoms with Gasteiger partial charge < -0.3 is 4.74 Å². The van der Waals surface area contributed by atoms with Crippen LogP contribution in [-0.2, 0) is 15.4 Å². The van der Waals surface area contributed by atoms with Gasteiger partial charge in [-0.15, -0.1) is 0 Å². The van der Waals surface area contributed by atoms with Gasteiger partial charge in [0.1, 0.15) is 11.6 Å².